The van der Waals surface area contributed by atoms with Crippen LogP contribution in [0, 0.1) is 0 Å². The van der Waals surface area contributed by atoms with Crippen molar-refractivity contribution in [1.82, 2.24) is 10.4 Å². The Morgan fingerprint density at radius 3 is 2.83 bits per heavy atom. The summed E-state index contributed by atoms with van der Waals surface area (Å²) in [5.74, 6) is 6.36. The zero-order valence-corrected chi connectivity index (χ0v) is 11.5. The van der Waals surface area contributed by atoms with Crippen molar-refractivity contribution >= 4 is 15.9 Å². The van der Waals surface area contributed by atoms with Gasteiger partial charge in [-0.2, -0.15) is 0 Å². The van der Waals surface area contributed by atoms with Gasteiger partial charge in [-0.15, -0.1) is 0 Å². The Hall–Kier alpha value is -1.43. The molecule has 0 aliphatic carbocycles. The average molecular weight is 308 g/mol. The van der Waals surface area contributed by atoms with E-state index in [2.05, 4.69) is 26.3 Å². The minimum atomic E-state index is -0.210. The molecule has 1 unspecified atom stereocenters. The van der Waals surface area contributed by atoms with Crippen LogP contribution in [0.5, 0.6) is 5.75 Å². The fourth-order valence-electron chi connectivity index (χ4n) is 1.81. The van der Waals surface area contributed by atoms with Gasteiger partial charge in [-0.05, 0) is 29.8 Å². The van der Waals surface area contributed by atoms with Crippen LogP contribution in [0.3, 0.4) is 0 Å². The predicted molar refractivity (Wildman–Crippen MR) is 74.1 cm³/mol. The maximum absolute atomic E-state index is 5.65. The first kappa shape index (κ1) is 13.0. The first-order valence-corrected chi connectivity index (χ1v) is 6.26. The van der Waals surface area contributed by atoms with E-state index in [0.29, 0.717) is 5.75 Å². The molecule has 2 aromatic rings. The molecule has 1 atom stereocenters. The molecule has 5 heteroatoms. The van der Waals surface area contributed by atoms with Crippen LogP contribution in [0.1, 0.15) is 17.3 Å². The minimum absolute atomic E-state index is 0.210. The highest BCUT2D eigenvalue weighted by atomic mass is 79.9. The van der Waals surface area contributed by atoms with E-state index in [-0.39, 0.29) is 6.04 Å². The number of hydrogen-bond acceptors (Lipinski definition) is 4. The van der Waals surface area contributed by atoms with Crippen LogP contribution in [0.4, 0.5) is 0 Å². The van der Waals surface area contributed by atoms with Gasteiger partial charge < -0.3 is 4.74 Å². The number of methoxy groups -OCH3 is 1. The summed E-state index contributed by atoms with van der Waals surface area (Å²) in [5.41, 5.74) is 4.56. The van der Waals surface area contributed by atoms with Gasteiger partial charge in [-0.25, -0.2) is 5.43 Å². The van der Waals surface area contributed by atoms with E-state index in [1.54, 1.807) is 13.3 Å². The summed E-state index contributed by atoms with van der Waals surface area (Å²) in [7, 11) is 1.62. The van der Waals surface area contributed by atoms with Gasteiger partial charge in [0.1, 0.15) is 11.4 Å². The van der Waals surface area contributed by atoms with E-state index in [4.69, 9.17) is 10.6 Å². The van der Waals surface area contributed by atoms with Crippen LogP contribution in [-0.2, 0) is 0 Å². The van der Waals surface area contributed by atoms with Gasteiger partial charge >= 0.3 is 0 Å². The predicted octanol–water partition coefficient (Wildman–Crippen LogP) is 2.41. The quantitative estimate of drug-likeness (QED) is 0.672. The van der Waals surface area contributed by atoms with Crippen LogP contribution in [0.25, 0.3) is 0 Å². The molecule has 4 nitrogen and oxygen atoms in total. The molecule has 0 amide bonds. The molecule has 0 spiro atoms. The number of nitrogens with two attached hydrogens (primary N) is 1. The Kier molecular flexibility index (Phi) is 4.30. The largest absolute Gasteiger partial charge is 0.495 e. The number of aromatic nitrogens is 1. The van der Waals surface area contributed by atoms with Gasteiger partial charge in [0.25, 0.3) is 0 Å². The van der Waals surface area contributed by atoms with Gasteiger partial charge in [0.2, 0.25) is 0 Å². The van der Waals surface area contributed by atoms with Gasteiger partial charge in [-0.1, -0.05) is 28.1 Å². The number of nitrogens with zero attached hydrogens (tertiary/aromatic N) is 1. The molecule has 0 radical (unpaired) electrons. The highest BCUT2D eigenvalue weighted by Crippen LogP contribution is 2.28. The molecule has 3 N–H and O–H groups in total. The summed E-state index contributed by atoms with van der Waals surface area (Å²) in [6.45, 7) is 0. The second-order valence-electron chi connectivity index (χ2n) is 3.75. The second kappa shape index (κ2) is 5.95. The summed E-state index contributed by atoms with van der Waals surface area (Å²) in [5, 5.41) is 0. The molecule has 1 aromatic carbocycles. The summed E-state index contributed by atoms with van der Waals surface area (Å²) < 4.78 is 6.31. The van der Waals surface area contributed by atoms with Crippen LogP contribution in [0.2, 0.25) is 0 Å². The molecular formula is C13H14BrN3O. The first-order chi connectivity index (χ1) is 8.76. The summed E-state index contributed by atoms with van der Waals surface area (Å²) in [4.78, 5) is 4.34. The number of nitrogens with one attached hydrogen (secondary N) is 1. The highest BCUT2D eigenvalue weighted by Gasteiger charge is 2.18. The number of hydrogen-bond donors (Lipinski definition) is 2. The highest BCUT2D eigenvalue weighted by molar-refractivity contribution is 9.10. The van der Waals surface area contributed by atoms with E-state index in [1.807, 2.05) is 36.4 Å². The number of rotatable bonds is 4. The Morgan fingerprint density at radius 1 is 1.33 bits per heavy atom. The van der Waals surface area contributed by atoms with Crippen molar-refractivity contribution in [3.63, 3.8) is 0 Å². The monoisotopic (exact) mass is 307 g/mol. The molecule has 0 fully saturated rings. The fraction of sp³-hybridized carbons (Fsp3) is 0.154. The van der Waals surface area contributed by atoms with Crippen LogP contribution in [0.15, 0.2) is 47.1 Å². The van der Waals surface area contributed by atoms with Crippen molar-refractivity contribution in [3.05, 3.63) is 58.3 Å². The Labute approximate surface area is 114 Å². The topological polar surface area (TPSA) is 60.2 Å². The lowest BCUT2D eigenvalue weighted by molar-refractivity contribution is 0.400. The zero-order chi connectivity index (χ0) is 13.0. The lowest BCUT2D eigenvalue weighted by atomic mass is 10.0. The van der Waals surface area contributed by atoms with Crippen molar-refractivity contribution in [2.24, 2.45) is 5.84 Å². The Bertz CT molecular complexity index is 533. The van der Waals surface area contributed by atoms with E-state index in [1.165, 1.54) is 0 Å². The third-order valence-electron chi connectivity index (χ3n) is 2.64. The molecule has 0 aliphatic heterocycles. The van der Waals surface area contributed by atoms with Crippen molar-refractivity contribution in [2.45, 2.75) is 6.04 Å². The molecular weight excluding hydrogens is 294 g/mol. The smallest absolute Gasteiger partial charge is 0.142 e. The maximum Gasteiger partial charge on any atom is 0.142 e. The van der Waals surface area contributed by atoms with E-state index >= 15 is 0 Å². The molecule has 18 heavy (non-hydrogen) atoms. The normalized spacial score (nSPS) is 12.2. The SMILES string of the molecule is COc1cccnc1C(NN)c1cccc(Br)c1. The zero-order valence-electron chi connectivity index (χ0n) is 9.93. The summed E-state index contributed by atoms with van der Waals surface area (Å²) in [6, 6.07) is 11.4. The van der Waals surface area contributed by atoms with E-state index < -0.39 is 0 Å². The standard InChI is InChI=1S/C13H14BrN3O/c1-18-11-6-3-7-16-13(11)12(17-15)9-4-2-5-10(14)8-9/h2-8,12,17H,15H2,1H3. The Balaban J connectivity index is 2.45. The number of hydrazine groups is 1. The third kappa shape index (κ3) is 2.69. The van der Waals surface area contributed by atoms with E-state index in [0.717, 1.165) is 15.7 Å². The maximum atomic E-state index is 5.65. The van der Waals surface area contributed by atoms with Gasteiger partial charge in [-0.3, -0.25) is 10.8 Å². The summed E-state index contributed by atoms with van der Waals surface area (Å²) >= 11 is 3.45. The first-order valence-electron chi connectivity index (χ1n) is 5.46. The molecule has 1 aromatic heterocycles. The van der Waals surface area contributed by atoms with Crippen molar-refractivity contribution in [3.8, 4) is 5.75 Å². The van der Waals surface area contributed by atoms with Crippen LogP contribution < -0.4 is 16.0 Å². The fourth-order valence-corrected chi connectivity index (χ4v) is 2.23. The lowest BCUT2D eigenvalue weighted by Gasteiger charge is -2.18. The number of halogens is 1. The lowest BCUT2D eigenvalue weighted by Crippen LogP contribution is -2.29. The Morgan fingerprint density at radius 2 is 2.17 bits per heavy atom. The minimum Gasteiger partial charge on any atom is -0.495 e. The number of pyridine rings is 1. The molecule has 1 heterocycles. The van der Waals surface area contributed by atoms with E-state index in [9.17, 15) is 0 Å². The molecule has 0 saturated carbocycles. The molecule has 2 rings (SSSR count). The summed E-state index contributed by atoms with van der Waals surface area (Å²) in [6.07, 6.45) is 1.72. The molecule has 94 valence electrons. The van der Waals surface area contributed by atoms with Crippen molar-refractivity contribution in [2.75, 3.05) is 7.11 Å². The van der Waals surface area contributed by atoms with Crippen molar-refractivity contribution in [1.29, 1.82) is 0 Å². The molecule has 0 bridgehead atoms. The van der Waals surface area contributed by atoms with Gasteiger partial charge in [0, 0.05) is 10.7 Å². The molecule has 0 saturated heterocycles. The third-order valence-corrected chi connectivity index (χ3v) is 3.14. The van der Waals surface area contributed by atoms with Crippen LogP contribution >= 0.6 is 15.9 Å². The van der Waals surface area contributed by atoms with Gasteiger partial charge in [0.05, 0.1) is 13.2 Å². The van der Waals surface area contributed by atoms with Gasteiger partial charge in [0.15, 0.2) is 0 Å². The number of ether oxygens (including phenoxy) is 1. The van der Waals surface area contributed by atoms with Crippen LogP contribution in [-0.4, -0.2) is 12.1 Å². The second-order valence-corrected chi connectivity index (χ2v) is 4.66. The average Bonchev–Trinajstić information content (AvgIpc) is 2.40. The van der Waals surface area contributed by atoms with Crippen molar-refractivity contribution < 1.29 is 4.74 Å². The molecule has 0 aliphatic rings. The number of benzene rings is 1.